The molecule has 0 bridgehead atoms. The Labute approximate surface area is 147 Å². The molecule has 0 fully saturated rings. The Morgan fingerprint density at radius 3 is 2.42 bits per heavy atom. The number of rotatable bonds is 6. The van der Waals surface area contributed by atoms with Crippen LogP contribution < -0.4 is 5.32 Å². The van der Waals surface area contributed by atoms with Gasteiger partial charge in [-0.15, -0.1) is 11.3 Å². The summed E-state index contributed by atoms with van der Waals surface area (Å²) in [6.07, 6.45) is 0.812. The smallest absolute Gasteiger partial charge is 0.264 e. The normalized spacial score (nSPS) is 10.5. The van der Waals surface area contributed by atoms with Crippen LogP contribution in [0.2, 0.25) is 0 Å². The minimum Gasteiger partial charge on any atom is -0.329 e. The zero-order valence-corrected chi connectivity index (χ0v) is 15.5. The van der Waals surface area contributed by atoms with Gasteiger partial charge in [0.1, 0.15) is 6.54 Å². The van der Waals surface area contributed by atoms with Gasteiger partial charge >= 0.3 is 0 Å². The van der Waals surface area contributed by atoms with E-state index in [1.54, 1.807) is 4.90 Å². The molecular formula is C19H24N2O2S. The van der Waals surface area contributed by atoms with Gasteiger partial charge in [0.15, 0.2) is 0 Å². The number of anilines is 1. The predicted octanol–water partition coefficient (Wildman–Crippen LogP) is 4.16. The Hall–Kier alpha value is -2.14. The van der Waals surface area contributed by atoms with Crippen LogP contribution in [0.15, 0.2) is 30.3 Å². The summed E-state index contributed by atoms with van der Waals surface area (Å²) in [4.78, 5) is 28.5. The molecule has 1 aromatic carbocycles. The van der Waals surface area contributed by atoms with Crippen molar-refractivity contribution in [3.63, 3.8) is 0 Å². The van der Waals surface area contributed by atoms with Crippen molar-refractivity contribution in [3.8, 4) is 0 Å². The highest BCUT2D eigenvalue weighted by molar-refractivity contribution is 7.14. The molecule has 0 atom stereocenters. The lowest BCUT2D eigenvalue weighted by molar-refractivity contribution is -0.116. The third-order valence-electron chi connectivity index (χ3n) is 3.91. The summed E-state index contributed by atoms with van der Waals surface area (Å²) in [6, 6.07) is 9.53. The van der Waals surface area contributed by atoms with Crippen molar-refractivity contribution in [2.45, 2.75) is 34.1 Å². The number of amides is 2. The number of benzene rings is 1. The highest BCUT2D eigenvalue weighted by Crippen LogP contribution is 2.22. The van der Waals surface area contributed by atoms with Crippen LogP contribution in [-0.2, 0) is 4.79 Å². The number of nitrogens with zero attached hydrogens (tertiary/aromatic N) is 1. The van der Waals surface area contributed by atoms with Gasteiger partial charge in [0.25, 0.3) is 5.91 Å². The van der Waals surface area contributed by atoms with E-state index in [-0.39, 0.29) is 18.4 Å². The van der Waals surface area contributed by atoms with E-state index in [2.05, 4.69) is 5.32 Å². The maximum Gasteiger partial charge on any atom is 0.264 e. The Morgan fingerprint density at radius 2 is 1.83 bits per heavy atom. The van der Waals surface area contributed by atoms with E-state index in [1.165, 1.54) is 11.3 Å². The van der Waals surface area contributed by atoms with Gasteiger partial charge in [0.2, 0.25) is 5.91 Å². The van der Waals surface area contributed by atoms with Crippen LogP contribution in [0.5, 0.6) is 0 Å². The average Bonchev–Trinajstić information content (AvgIpc) is 2.88. The second kappa shape index (κ2) is 8.11. The van der Waals surface area contributed by atoms with E-state index >= 15 is 0 Å². The summed E-state index contributed by atoms with van der Waals surface area (Å²) in [5, 5.41) is 2.89. The largest absolute Gasteiger partial charge is 0.329 e. The minimum atomic E-state index is -0.170. The Kier molecular flexibility index (Phi) is 6.15. The summed E-state index contributed by atoms with van der Waals surface area (Å²) in [6.45, 7) is 8.59. The second-order valence-corrected chi connectivity index (χ2v) is 7.20. The Balaban J connectivity index is 2.08. The number of para-hydroxylation sites is 1. The van der Waals surface area contributed by atoms with Crippen molar-refractivity contribution in [1.82, 2.24) is 4.90 Å². The molecule has 2 aromatic rings. The van der Waals surface area contributed by atoms with E-state index in [9.17, 15) is 9.59 Å². The predicted molar refractivity (Wildman–Crippen MR) is 99.8 cm³/mol. The average molecular weight is 344 g/mol. The molecule has 1 heterocycles. The van der Waals surface area contributed by atoms with Gasteiger partial charge in [-0.3, -0.25) is 9.59 Å². The van der Waals surface area contributed by atoms with Gasteiger partial charge in [-0.1, -0.05) is 25.1 Å². The zero-order valence-electron chi connectivity index (χ0n) is 14.7. The fraction of sp³-hybridized carbons (Fsp3) is 0.368. The number of carbonyl (C=O) groups is 2. The molecule has 0 radical (unpaired) electrons. The lowest BCUT2D eigenvalue weighted by Gasteiger charge is -2.21. The first-order valence-corrected chi connectivity index (χ1v) is 8.95. The summed E-state index contributed by atoms with van der Waals surface area (Å²) in [5.74, 6) is -0.242. The molecule has 0 saturated carbocycles. The third kappa shape index (κ3) is 4.45. The van der Waals surface area contributed by atoms with Gasteiger partial charge in [-0.25, -0.2) is 0 Å². The summed E-state index contributed by atoms with van der Waals surface area (Å²) in [7, 11) is 0. The van der Waals surface area contributed by atoms with Crippen LogP contribution in [-0.4, -0.2) is 29.8 Å². The van der Waals surface area contributed by atoms with Gasteiger partial charge in [0.05, 0.1) is 4.88 Å². The van der Waals surface area contributed by atoms with Gasteiger partial charge in [0, 0.05) is 17.1 Å². The highest BCUT2D eigenvalue weighted by Gasteiger charge is 2.20. The minimum absolute atomic E-state index is 0.0665. The molecule has 1 N–H and O–H groups in total. The van der Waals surface area contributed by atoms with Crippen LogP contribution in [0.3, 0.4) is 0 Å². The van der Waals surface area contributed by atoms with E-state index < -0.39 is 0 Å². The number of thiophene rings is 1. The first kappa shape index (κ1) is 18.2. The Bertz CT molecular complexity index is 717. The van der Waals surface area contributed by atoms with Crippen LogP contribution >= 0.6 is 11.3 Å². The summed E-state index contributed by atoms with van der Waals surface area (Å²) in [5.41, 5.74) is 2.90. The van der Waals surface area contributed by atoms with E-state index in [1.807, 2.05) is 58.0 Å². The number of nitrogens with one attached hydrogen (secondary N) is 1. The molecule has 0 unspecified atom stereocenters. The van der Waals surface area contributed by atoms with E-state index in [4.69, 9.17) is 0 Å². The number of carbonyl (C=O) groups excluding carboxylic acids is 2. The lowest BCUT2D eigenvalue weighted by Crippen LogP contribution is -2.38. The topological polar surface area (TPSA) is 49.4 Å². The van der Waals surface area contributed by atoms with Crippen LogP contribution in [0, 0.1) is 20.8 Å². The van der Waals surface area contributed by atoms with Crippen molar-refractivity contribution in [3.05, 3.63) is 51.2 Å². The van der Waals surface area contributed by atoms with Crippen LogP contribution in [0.25, 0.3) is 0 Å². The molecule has 4 nitrogen and oxygen atoms in total. The van der Waals surface area contributed by atoms with Crippen LogP contribution in [0.1, 0.15) is 39.0 Å². The lowest BCUT2D eigenvalue weighted by atomic mass is 10.2. The monoisotopic (exact) mass is 344 g/mol. The fourth-order valence-corrected chi connectivity index (χ4v) is 3.43. The zero-order chi connectivity index (χ0) is 17.7. The molecule has 0 aliphatic heterocycles. The highest BCUT2D eigenvalue weighted by atomic mass is 32.1. The number of hydrogen-bond donors (Lipinski definition) is 1. The van der Waals surface area contributed by atoms with E-state index in [0.717, 1.165) is 28.1 Å². The first-order valence-electron chi connectivity index (χ1n) is 8.14. The molecule has 0 saturated heterocycles. The second-order valence-electron chi connectivity index (χ2n) is 5.94. The van der Waals surface area contributed by atoms with Crippen molar-refractivity contribution in [2.75, 3.05) is 18.4 Å². The molecule has 2 rings (SSSR count). The van der Waals surface area contributed by atoms with Crippen LogP contribution in [0.4, 0.5) is 5.69 Å². The van der Waals surface area contributed by atoms with Gasteiger partial charge < -0.3 is 10.2 Å². The molecule has 128 valence electrons. The molecule has 0 spiro atoms. The maximum atomic E-state index is 12.7. The third-order valence-corrected chi connectivity index (χ3v) is 5.05. The van der Waals surface area contributed by atoms with Crippen molar-refractivity contribution < 1.29 is 9.59 Å². The molecule has 1 aromatic heterocycles. The van der Waals surface area contributed by atoms with Gasteiger partial charge in [-0.05, 0) is 50.5 Å². The maximum absolute atomic E-state index is 12.7. The summed E-state index contributed by atoms with van der Waals surface area (Å²) >= 11 is 1.49. The first-order chi connectivity index (χ1) is 11.4. The standard InChI is InChI=1S/C19H24N2O2S/c1-5-10-21(19(23)17-11-14(3)15(4)24-17)12-18(22)20-16-9-7-6-8-13(16)2/h6-9,11H,5,10,12H2,1-4H3,(H,20,22). The molecule has 2 amide bonds. The van der Waals surface area contributed by atoms with Crippen molar-refractivity contribution in [1.29, 1.82) is 0 Å². The molecule has 0 aliphatic carbocycles. The molecular weight excluding hydrogens is 320 g/mol. The Morgan fingerprint density at radius 1 is 1.12 bits per heavy atom. The van der Waals surface area contributed by atoms with Crippen molar-refractivity contribution in [2.24, 2.45) is 0 Å². The molecule has 5 heteroatoms. The van der Waals surface area contributed by atoms with Gasteiger partial charge in [-0.2, -0.15) is 0 Å². The quantitative estimate of drug-likeness (QED) is 0.855. The van der Waals surface area contributed by atoms with Crippen molar-refractivity contribution >= 4 is 28.8 Å². The van der Waals surface area contributed by atoms with E-state index in [0.29, 0.717) is 11.4 Å². The molecule has 24 heavy (non-hydrogen) atoms. The fourth-order valence-electron chi connectivity index (χ4n) is 2.43. The summed E-state index contributed by atoms with van der Waals surface area (Å²) < 4.78 is 0. The molecule has 0 aliphatic rings. The SMILES string of the molecule is CCCN(CC(=O)Nc1ccccc1C)C(=O)c1cc(C)c(C)s1. The number of hydrogen-bond acceptors (Lipinski definition) is 3. The number of aryl methyl sites for hydroxylation is 3.